The fourth-order valence-electron chi connectivity index (χ4n) is 1.50. The zero-order valence-corrected chi connectivity index (χ0v) is 7.47. The number of ether oxygens (including phenoxy) is 1. The molecule has 0 bridgehead atoms. The first-order valence-electron chi connectivity index (χ1n) is 4.15. The molecule has 0 aliphatic heterocycles. The largest absolute Gasteiger partial charge is 0.496 e. The highest BCUT2D eigenvalue weighted by Crippen LogP contribution is 2.28. The minimum Gasteiger partial charge on any atom is -0.496 e. The molecule has 0 fully saturated rings. The van der Waals surface area contributed by atoms with Crippen molar-refractivity contribution >= 4 is 16.7 Å². The van der Waals surface area contributed by atoms with E-state index in [-0.39, 0.29) is 0 Å². The zero-order valence-electron chi connectivity index (χ0n) is 7.47. The molecule has 3 rings (SSSR count). The summed E-state index contributed by atoms with van der Waals surface area (Å²) in [5.41, 5.74) is 1.26. The molecular weight excluding hydrogens is 182 g/mol. The summed E-state index contributed by atoms with van der Waals surface area (Å²) in [6.45, 7) is 0. The van der Waals surface area contributed by atoms with E-state index in [9.17, 15) is 0 Å². The van der Waals surface area contributed by atoms with Crippen molar-refractivity contribution < 1.29 is 9.26 Å². The van der Waals surface area contributed by atoms with Gasteiger partial charge in [-0.05, 0) is 6.07 Å². The fraction of sp³-hybridized carbons (Fsp3) is 0.111. The van der Waals surface area contributed by atoms with E-state index in [4.69, 9.17) is 9.26 Å². The van der Waals surface area contributed by atoms with Gasteiger partial charge in [0.25, 0.3) is 5.71 Å². The lowest BCUT2D eigenvalue weighted by Crippen LogP contribution is -1.84. The van der Waals surface area contributed by atoms with Gasteiger partial charge in [0, 0.05) is 12.4 Å². The van der Waals surface area contributed by atoms with Crippen LogP contribution in [0.2, 0.25) is 0 Å². The van der Waals surface area contributed by atoms with Gasteiger partial charge >= 0.3 is 0 Å². The number of fused-ring (bicyclic) bond motifs is 3. The molecule has 0 radical (unpaired) electrons. The van der Waals surface area contributed by atoms with Gasteiger partial charge in [-0.25, -0.2) is 9.97 Å². The van der Waals surface area contributed by atoms with Crippen molar-refractivity contribution in [3.05, 3.63) is 24.7 Å². The van der Waals surface area contributed by atoms with Gasteiger partial charge in [0.15, 0.2) is 5.65 Å². The van der Waals surface area contributed by atoms with Crippen molar-refractivity contribution in [1.82, 2.24) is 14.5 Å². The number of imidazole rings is 1. The first-order valence-corrected chi connectivity index (χ1v) is 4.15. The number of methoxy groups -OCH3 is 1. The molecule has 0 N–H and O–H groups in total. The Kier molecular flexibility index (Phi) is 1.30. The van der Waals surface area contributed by atoms with Crippen LogP contribution < -0.4 is 4.74 Å². The molecule has 0 aliphatic rings. The lowest BCUT2D eigenvalue weighted by Gasteiger charge is -1.97. The Morgan fingerprint density at radius 3 is 3.14 bits per heavy atom. The second kappa shape index (κ2) is 2.47. The summed E-state index contributed by atoms with van der Waals surface area (Å²) in [5, 5.41) is 0.806. The molecule has 0 saturated carbocycles. The van der Waals surface area contributed by atoms with E-state index in [1.807, 2.05) is 0 Å². The summed E-state index contributed by atoms with van der Waals surface area (Å²) in [5.74, 6) is 0.722. The lowest BCUT2D eigenvalue weighted by atomic mass is 10.3. The highest BCUT2D eigenvalue weighted by Gasteiger charge is 2.12. The maximum absolute atomic E-state index is 5.40. The molecule has 0 spiro atoms. The van der Waals surface area contributed by atoms with Crippen LogP contribution in [-0.2, 0) is 0 Å². The first-order chi connectivity index (χ1) is 6.90. The van der Waals surface area contributed by atoms with Crippen LogP contribution in [0.4, 0.5) is 0 Å². The van der Waals surface area contributed by atoms with Gasteiger partial charge in [-0.3, -0.25) is 0 Å². The van der Waals surface area contributed by atoms with Crippen molar-refractivity contribution in [2.75, 3.05) is 7.11 Å². The predicted molar refractivity (Wildman–Crippen MR) is 49.3 cm³/mol. The van der Waals surface area contributed by atoms with E-state index >= 15 is 0 Å². The Balaban J connectivity index is 2.57. The van der Waals surface area contributed by atoms with Gasteiger partial charge in [0.05, 0.1) is 13.3 Å². The van der Waals surface area contributed by atoms with Crippen LogP contribution in [0.5, 0.6) is 5.75 Å². The van der Waals surface area contributed by atoms with Gasteiger partial charge in [0.2, 0.25) is 0 Å². The van der Waals surface area contributed by atoms with E-state index in [1.165, 1.54) is 0 Å². The Labute approximate surface area is 78.9 Å². The second-order valence-electron chi connectivity index (χ2n) is 2.86. The van der Waals surface area contributed by atoms with Crippen LogP contribution in [0.25, 0.3) is 16.7 Å². The van der Waals surface area contributed by atoms with Gasteiger partial charge < -0.3 is 9.26 Å². The summed E-state index contributed by atoms with van der Waals surface area (Å²) in [6.07, 6.45) is 5.05. The maximum Gasteiger partial charge on any atom is 0.261 e. The Morgan fingerprint density at radius 2 is 2.29 bits per heavy atom. The first kappa shape index (κ1) is 7.37. The third-order valence-corrected chi connectivity index (χ3v) is 2.11. The van der Waals surface area contributed by atoms with Crippen molar-refractivity contribution in [2.24, 2.45) is 0 Å². The second-order valence-corrected chi connectivity index (χ2v) is 2.86. The van der Waals surface area contributed by atoms with Crippen LogP contribution in [0.15, 0.2) is 29.2 Å². The number of hydrogen-bond acceptors (Lipinski definition) is 4. The third-order valence-electron chi connectivity index (χ3n) is 2.11. The molecule has 0 unspecified atom stereocenters. The molecule has 14 heavy (non-hydrogen) atoms. The number of rotatable bonds is 1. The Bertz CT molecular complexity index is 596. The molecule has 3 aromatic heterocycles. The molecule has 0 aromatic carbocycles. The summed E-state index contributed by atoms with van der Waals surface area (Å²) in [6, 6.07) is 1.78. The van der Waals surface area contributed by atoms with Crippen molar-refractivity contribution in [3.63, 3.8) is 0 Å². The molecule has 70 valence electrons. The highest BCUT2D eigenvalue weighted by atomic mass is 16.5. The van der Waals surface area contributed by atoms with Crippen molar-refractivity contribution in [1.29, 1.82) is 0 Å². The fourth-order valence-corrected chi connectivity index (χ4v) is 1.50. The van der Waals surface area contributed by atoms with E-state index in [0.717, 1.165) is 16.8 Å². The average Bonchev–Trinajstić information content (AvgIpc) is 2.75. The topological polar surface area (TPSA) is 52.6 Å². The summed E-state index contributed by atoms with van der Waals surface area (Å²) in [4.78, 5) is 8.26. The van der Waals surface area contributed by atoms with Gasteiger partial charge in [-0.1, -0.05) is 0 Å². The third kappa shape index (κ3) is 0.783. The van der Waals surface area contributed by atoms with E-state index in [1.54, 1.807) is 36.3 Å². The minimum atomic E-state index is 0.535. The van der Waals surface area contributed by atoms with Crippen molar-refractivity contribution in [2.45, 2.75) is 0 Å². The Hall–Kier alpha value is -2.04. The maximum atomic E-state index is 5.40. The van der Waals surface area contributed by atoms with E-state index in [2.05, 4.69) is 9.97 Å². The molecule has 3 aromatic rings. The molecule has 0 amide bonds. The minimum absolute atomic E-state index is 0.535. The summed E-state index contributed by atoms with van der Waals surface area (Å²) >= 11 is 0. The SMILES string of the molecule is COc1ccnc2on3ccnc3c12. The normalized spacial score (nSPS) is 11.2. The molecule has 5 nitrogen and oxygen atoms in total. The monoisotopic (exact) mass is 189 g/mol. The molecule has 0 atom stereocenters. The van der Waals surface area contributed by atoms with Crippen LogP contribution in [0.3, 0.4) is 0 Å². The Morgan fingerprint density at radius 1 is 1.36 bits per heavy atom. The van der Waals surface area contributed by atoms with Crippen LogP contribution in [-0.4, -0.2) is 21.7 Å². The van der Waals surface area contributed by atoms with Crippen molar-refractivity contribution in [3.8, 4) is 5.75 Å². The van der Waals surface area contributed by atoms with Crippen LogP contribution >= 0.6 is 0 Å². The molecule has 5 heteroatoms. The standard InChI is InChI=1S/C9H7N3O2/c1-13-6-2-3-11-9-7(6)8-10-4-5-12(8)14-9/h2-5H,1H3. The summed E-state index contributed by atoms with van der Waals surface area (Å²) < 4.78 is 12.2. The molecule has 3 heterocycles. The number of aromatic nitrogens is 3. The zero-order chi connectivity index (χ0) is 9.54. The highest BCUT2D eigenvalue weighted by molar-refractivity contribution is 5.93. The quantitative estimate of drug-likeness (QED) is 0.581. The number of pyridine rings is 1. The predicted octanol–water partition coefficient (Wildman–Crippen LogP) is 1.48. The van der Waals surface area contributed by atoms with Gasteiger partial charge in [-0.15, -0.1) is 0 Å². The number of hydrogen-bond donors (Lipinski definition) is 0. The van der Waals surface area contributed by atoms with Gasteiger partial charge in [0.1, 0.15) is 11.1 Å². The van der Waals surface area contributed by atoms with Gasteiger partial charge in [-0.2, -0.15) is 4.57 Å². The number of nitrogens with zero attached hydrogens (tertiary/aromatic N) is 3. The summed E-state index contributed by atoms with van der Waals surface area (Å²) in [7, 11) is 1.61. The smallest absolute Gasteiger partial charge is 0.261 e. The lowest BCUT2D eigenvalue weighted by molar-refractivity contribution is 0.402. The average molecular weight is 189 g/mol. The van der Waals surface area contributed by atoms with E-state index < -0.39 is 0 Å². The van der Waals surface area contributed by atoms with Crippen LogP contribution in [0.1, 0.15) is 0 Å². The molecule has 0 saturated heterocycles. The van der Waals surface area contributed by atoms with E-state index in [0.29, 0.717) is 5.71 Å². The molecular formula is C9H7N3O2. The van der Waals surface area contributed by atoms with Crippen LogP contribution in [0, 0.1) is 0 Å². The molecule has 0 aliphatic carbocycles.